The van der Waals surface area contributed by atoms with Gasteiger partial charge in [0.1, 0.15) is 5.01 Å². The Morgan fingerprint density at radius 2 is 2.00 bits per heavy atom. The Bertz CT molecular complexity index is 1010. The third-order valence-electron chi connectivity index (χ3n) is 4.42. The van der Waals surface area contributed by atoms with Gasteiger partial charge in [0.2, 0.25) is 0 Å². The number of carbonyl (C=O) groups is 1. The molecule has 26 heavy (non-hydrogen) atoms. The molecule has 0 bridgehead atoms. The van der Waals surface area contributed by atoms with Gasteiger partial charge in [-0.05, 0) is 31.0 Å². The maximum atomic E-state index is 12.9. The van der Waals surface area contributed by atoms with Crippen LogP contribution in [0.25, 0.3) is 10.6 Å². The Morgan fingerprint density at radius 1 is 1.23 bits per heavy atom. The third-order valence-corrected chi connectivity index (χ3v) is 5.43. The van der Waals surface area contributed by atoms with E-state index in [0.717, 1.165) is 21.8 Å². The average molecular weight is 365 g/mol. The molecule has 1 amide bonds. The van der Waals surface area contributed by atoms with Crippen LogP contribution >= 0.6 is 11.3 Å². The van der Waals surface area contributed by atoms with E-state index in [0.29, 0.717) is 24.2 Å². The third kappa shape index (κ3) is 2.86. The molecule has 0 N–H and O–H groups in total. The molecule has 0 aliphatic carbocycles. The van der Waals surface area contributed by atoms with E-state index >= 15 is 0 Å². The fourth-order valence-electron chi connectivity index (χ4n) is 3.09. The molecule has 6 nitrogen and oxygen atoms in total. The van der Waals surface area contributed by atoms with Crippen molar-refractivity contribution in [1.82, 2.24) is 4.98 Å². The van der Waals surface area contributed by atoms with Crippen LogP contribution in [0.1, 0.15) is 21.6 Å². The molecule has 3 aromatic rings. The number of hydrogen-bond donors (Lipinski definition) is 0. The van der Waals surface area contributed by atoms with E-state index in [4.69, 9.17) is 0 Å². The second-order valence-electron chi connectivity index (χ2n) is 6.15. The first kappa shape index (κ1) is 16.4. The SMILES string of the molecule is Cc1csc(-c2ccc(C(=O)N3CCc4ccc([N+](=O)[O-])cc43)cc2)n1. The van der Waals surface area contributed by atoms with Gasteiger partial charge in [-0.1, -0.05) is 18.2 Å². The molecular weight excluding hydrogens is 350 g/mol. The summed E-state index contributed by atoms with van der Waals surface area (Å²) in [6.45, 7) is 2.48. The van der Waals surface area contributed by atoms with Crippen LogP contribution in [0.4, 0.5) is 11.4 Å². The quantitative estimate of drug-likeness (QED) is 0.514. The Labute approximate surface area is 153 Å². The number of fused-ring (bicyclic) bond motifs is 1. The van der Waals surface area contributed by atoms with Crippen molar-refractivity contribution in [1.29, 1.82) is 0 Å². The van der Waals surface area contributed by atoms with E-state index in [1.54, 1.807) is 34.4 Å². The predicted molar refractivity (Wildman–Crippen MR) is 101 cm³/mol. The van der Waals surface area contributed by atoms with Crippen LogP contribution < -0.4 is 4.90 Å². The molecule has 0 atom stereocenters. The van der Waals surface area contributed by atoms with Gasteiger partial charge in [0.15, 0.2) is 0 Å². The molecular formula is C19H15N3O3S. The topological polar surface area (TPSA) is 76.3 Å². The lowest BCUT2D eigenvalue weighted by Gasteiger charge is -2.17. The van der Waals surface area contributed by atoms with Crippen molar-refractivity contribution < 1.29 is 9.72 Å². The van der Waals surface area contributed by atoms with Gasteiger partial charge in [0, 0.05) is 40.9 Å². The number of non-ortho nitro benzene ring substituents is 1. The van der Waals surface area contributed by atoms with Crippen LogP contribution in [-0.2, 0) is 6.42 Å². The van der Waals surface area contributed by atoms with Crippen molar-refractivity contribution >= 4 is 28.6 Å². The molecule has 1 aromatic heterocycles. The Balaban J connectivity index is 1.61. The van der Waals surface area contributed by atoms with Crippen molar-refractivity contribution in [2.75, 3.05) is 11.4 Å². The van der Waals surface area contributed by atoms with Gasteiger partial charge in [0.25, 0.3) is 11.6 Å². The number of nitrogens with zero attached hydrogens (tertiary/aromatic N) is 3. The second kappa shape index (κ2) is 6.34. The minimum atomic E-state index is -0.438. The predicted octanol–water partition coefficient (Wildman–Crippen LogP) is 4.23. The zero-order valence-electron chi connectivity index (χ0n) is 14.0. The number of amides is 1. The number of carbonyl (C=O) groups excluding carboxylic acids is 1. The zero-order valence-corrected chi connectivity index (χ0v) is 14.8. The highest BCUT2D eigenvalue weighted by molar-refractivity contribution is 7.13. The van der Waals surface area contributed by atoms with Gasteiger partial charge in [0.05, 0.1) is 10.6 Å². The van der Waals surface area contributed by atoms with Crippen LogP contribution in [0.2, 0.25) is 0 Å². The standard InChI is InChI=1S/C19H15N3O3S/c1-12-11-26-18(20-12)14-2-4-15(5-3-14)19(23)21-9-8-13-6-7-16(22(24)25)10-17(13)21/h2-7,10-11H,8-9H2,1H3. The first-order valence-electron chi connectivity index (χ1n) is 8.14. The maximum Gasteiger partial charge on any atom is 0.271 e. The van der Waals surface area contributed by atoms with Gasteiger partial charge in [-0.3, -0.25) is 14.9 Å². The van der Waals surface area contributed by atoms with Gasteiger partial charge in [-0.2, -0.15) is 0 Å². The molecule has 130 valence electrons. The lowest BCUT2D eigenvalue weighted by Crippen LogP contribution is -2.28. The fraction of sp³-hybridized carbons (Fsp3) is 0.158. The molecule has 2 aromatic carbocycles. The summed E-state index contributed by atoms with van der Waals surface area (Å²) >= 11 is 1.57. The summed E-state index contributed by atoms with van der Waals surface area (Å²) in [5.41, 5.74) is 4.08. The highest BCUT2D eigenvalue weighted by atomic mass is 32.1. The molecule has 0 saturated heterocycles. The van der Waals surface area contributed by atoms with E-state index in [1.165, 1.54) is 12.1 Å². The number of thiazole rings is 1. The lowest BCUT2D eigenvalue weighted by molar-refractivity contribution is -0.384. The largest absolute Gasteiger partial charge is 0.308 e. The average Bonchev–Trinajstić information content (AvgIpc) is 3.27. The van der Waals surface area contributed by atoms with Gasteiger partial charge >= 0.3 is 0 Å². The van der Waals surface area contributed by atoms with Crippen molar-refractivity contribution in [2.45, 2.75) is 13.3 Å². The lowest BCUT2D eigenvalue weighted by atomic mass is 10.1. The van der Waals surface area contributed by atoms with Crippen molar-refractivity contribution in [3.63, 3.8) is 0 Å². The number of aromatic nitrogens is 1. The number of benzene rings is 2. The summed E-state index contributed by atoms with van der Waals surface area (Å²) in [7, 11) is 0. The summed E-state index contributed by atoms with van der Waals surface area (Å²) in [4.78, 5) is 29.5. The Kier molecular flexibility index (Phi) is 4.00. The van der Waals surface area contributed by atoms with Gasteiger partial charge in [-0.15, -0.1) is 11.3 Å². The summed E-state index contributed by atoms with van der Waals surface area (Å²) in [6, 6.07) is 12.0. The Hall–Kier alpha value is -3.06. The van der Waals surface area contributed by atoms with Crippen molar-refractivity contribution in [2.24, 2.45) is 0 Å². The van der Waals surface area contributed by atoms with Gasteiger partial charge in [-0.25, -0.2) is 4.98 Å². The number of nitro groups is 1. The van der Waals surface area contributed by atoms with E-state index in [1.807, 2.05) is 24.4 Å². The van der Waals surface area contributed by atoms with Gasteiger partial charge < -0.3 is 4.90 Å². The first-order chi connectivity index (χ1) is 12.5. The van der Waals surface area contributed by atoms with Crippen LogP contribution in [-0.4, -0.2) is 22.4 Å². The molecule has 0 fully saturated rings. The van der Waals surface area contributed by atoms with E-state index in [2.05, 4.69) is 4.98 Å². The number of hydrogen-bond acceptors (Lipinski definition) is 5. The van der Waals surface area contributed by atoms with Crippen molar-refractivity contribution in [3.8, 4) is 10.6 Å². The van der Waals surface area contributed by atoms with E-state index in [-0.39, 0.29) is 11.6 Å². The summed E-state index contributed by atoms with van der Waals surface area (Å²) in [5, 5.41) is 13.9. The number of anilines is 1. The highest BCUT2D eigenvalue weighted by Crippen LogP contribution is 2.33. The normalized spacial score (nSPS) is 12.9. The second-order valence-corrected chi connectivity index (χ2v) is 7.01. The van der Waals surface area contributed by atoms with Crippen LogP contribution in [0.5, 0.6) is 0 Å². The molecule has 4 rings (SSSR count). The molecule has 0 spiro atoms. The monoisotopic (exact) mass is 365 g/mol. The zero-order chi connectivity index (χ0) is 18.3. The van der Waals surface area contributed by atoms with E-state index in [9.17, 15) is 14.9 Å². The van der Waals surface area contributed by atoms with Crippen LogP contribution in [0, 0.1) is 17.0 Å². The Morgan fingerprint density at radius 3 is 2.65 bits per heavy atom. The molecule has 0 unspecified atom stereocenters. The van der Waals surface area contributed by atoms with E-state index < -0.39 is 4.92 Å². The molecule has 1 aliphatic rings. The minimum absolute atomic E-state index is 0.00191. The molecule has 2 heterocycles. The van der Waals surface area contributed by atoms with Crippen LogP contribution in [0.3, 0.4) is 0 Å². The minimum Gasteiger partial charge on any atom is -0.308 e. The molecule has 7 heteroatoms. The molecule has 0 radical (unpaired) electrons. The van der Waals surface area contributed by atoms with Crippen molar-refractivity contribution in [3.05, 3.63) is 74.8 Å². The maximum absolute atomic E-state index is 12.9. The smallest absolute Gasteiger partial charge is 0.271 e. The first-order valence-corrected chi connectivity index (χ1v) is 9.02. The summed E-state index contributed by atoms with van der Waals surface area (Å²) in [6.07, 6.45) is 0.704. The highest BCUT2D eigenvalue weighted by Gasteiger charge is 2.27. The summed E-state index contributed by atoms with van der Waals surface area (Å²) < 4.78 is 0. The number of rotatable bonds is 3. The number of aryl methyl sites for hydroxylation is 1. The molecule has 1 aliphatic heterocycles. The molecule has 0 saturated carbocycles. The number of nitro benzene ring substituents is 1. The van der Waals surface area contributed by atoms with Crippen LogP contribution in [0.15, 0.2) is 47.8 Å². The summed E-state index contributed by atoms with van der Waals surface area (Å²) in [5.74, 6) is -0.147. The fourth-order valence-corrected chi connectivity index (χ4v) is 3.89.